The van der Waals surface area contributed by atoms with Crippen molar-refractivity contribution in [2.75, 3.05) is 0 Å². The number of hydrogen-bond acceptors (Lipinski definition) is 0. The highest BCUT2D eigenvalue weighted by atomic mass is 14.7. The summed E-state index contributed by atoms with van der Waals surface area (Å²) in [5, 5.41) is 0. The third-order valence-corrected chi connectivity index (χ3v) is 11.4. The Bertz CT molecular complexity index is 827. The molecule has 0 heterocycles. The fourth-order valence-electron chi connectivity index (χ4n) is 10.7. The second-order valence-electron chi connectivity index (χ2n) is 12.2. The number of fused-ring (bicyclic) bond motifs is 13. The quantitative estimate of drug-likeness (QED) is 0.395. The topological polar surface area (TPSA) is 0 Å². The van der Waals surface area contributed by atoms with E-state index >= 15 is 0 Å². The molecule has 0 saturated heterocycles. The predicted molar refractivity (Wildman–Crippen MR) is 113 cm³/mol. The largest absolute Gasteiger partial charge is 0.0851 e. The molecule has 0 aromatic heterocycles. The Kier molecular flexibility index (Phi) is 2.91. The fourth-order valence-corrected chi connectivity index (χ4v) is 10.7. The Morgan fingerprint density at radius 1 is 0.679 bits per heavy atom. The van der Waals surface area contributed by atoms with Crippen molar-refractivity contribution >= 4 is 0 Å². The van der Waals surface area contributed by atoms with Gasteiger partial charge in [-0.2, -0.15) is 0 Å². The smallest absolute Gasteiger partial charge is 0.00443 e. The third-order valence-electron chi connectivity index (χ3n) is 11.4. The van der Waals surface area contributed by atoms with Crippen LogP contribution in [0, 0.1) is 76.4 Å². The maximum atomic E-state index is 2.83. The van der Waals surface area contributed by atoms with Crippen LogP contribution in [0.2, 0.25) is 0 Å². The molecule has 0 nitrogen and oxygen atoms in total. The molecule has 0 heteroatoms. The molecule has 4 saturated carbocycles. The Morgan fingerprint density at radius 2 is 1.46 bits per heavy atom. The van der Waals surface area contributed by atoms with Crippen LogP contribution in [0.4, 0.5) is 0 Å². The molecule has 8 aliphatic carbocycles. The SMILES string of the molecule is C1=CC2CC1CC2CC(C1CC2C=CC1C2)C12C=CC(C1)C1C3C=CC(C3)C12. The lowest BCUT2D eigenvalue weighted by molar-refractivity contribution is 0.0450. The van der Waals surface area contributed by atoms with E-state index in [0.29, 0.717) is 5.41 Å². The van der Waals surface area contributed by atoms with Gasteiger partial charge in [0.1, 0.15) is 0 Å². The van der Waals surface area contributed by atoms with E-state index in [-0.39, 0.29) is 0 Å². The third kappa shape index (κ3) is 1.81. The molecule has 0 spiro atoms. The lowest BCUT2D eigenvalue weighted by atomic mass is 9.56. The molecule has 0 aromatic carbocycles. The summed E-state index contributed by atoms with van der Waals surface area (Å²) < 4.78 is 0. The molecule has 8 aliphatic rings. The van der Waals surface area contributed by atoms with Crippen LogP contribution in [0.3, 0.4) is 0 Å². The molecule has 4 fully saturated rings. The van der Waals surface area contributed by atoms with Gasteiger partial charge >= 0.3 is 0 Å². The van der Waals surface area contributed by atoms with Crippen molar-refractivity contribution in [2.24, 2.45) is 76.4 Å². The average Bonchev–Trinajstić information content (AvgIpc) is 3.57. The summed E-state index contributed by atoms with van der Waals surface area (Å²) in [6, 6.07) is 0. The average molecular weight is 371 g/mol. The first-order chi connectivity index (χ1) is 13.8. The second-order valence-corrected chi connectivity index (χ2v) is 12.2. The molecule has 0 radical (unpaired) electrons. The summed E-state index contributed by atoms with van der Waals surface area (Å²) in [6.45, 7) is 0. The minimum atomic E-state index is 0.564. The van der Waals surface area contributed by atoms with Crippen LogP contribution >= 0.6 is 0 Å². The minimum Gasteiger partial charge on any atom is -0.0851 e. The van der Waals surface area contributed by atoms with Gasteiger partial charge in [0, 0.05) is 0 Å². The van der Waals surface area contributed by atoms with Crippen LogP contribution in [0.15, 0.2) is 48.6 Å². The van der Waals surface area contributed by atoms with E-state index in [0.717, 1.165) is 71.0 Å². The van der Waals surface area contributed by atoms with E-state index < -0.39 is 0 Å². The van der Waals surface area contributed by atoms with Crippen molar-refractivity contribution in [2.45, 2.75) is 44.9 Å². The first-order valence-electron chi connectivity index (χ1n) is 12.5. The first-order valence-corrected chi connectivity index (χ1v) is 12.5. The molecular weight excluding hydrogens is 336 g/mol. The van der Waals surface area contributed by atoms with Crippen molar-refractivity contribution in [1.29, 1.82) is 0 Å². The summed E-state index contributed by atoms with van der Waals surface area (Å²) >= 11 is 0. The summed E-state index contributed by atoms with van der Waals surface area (Å²) in [4.78, 5) is 0. The summed E-state index contributed by atoms with van der Waals surface area (Å²) in [6.07, 6.45) is 31.8. The highest BCUT2D eigenvalue weighted by Crippen LogP contribution is 2.73. The lowest BCUT2D eigenvalue weighted by Gasteiger charge is -2.48. The van der Waals surface area contributed by atoms with Gasteiger partial charge in [0.15, 0.2) is 0 Å². The molecule has 8 rings (SSSR count). The molecular formula is C28H34. The van der Waals surface area contributed by atoms with E-state index in [9.17, 15) is 0 Å². The van der Waals surface area contributed by atoms with Crippen molar-refractivity contribution in [3.05, 3.63) is 48.6 Å². The number of hydrogen-bond donors (Lipinski definition) is 0. The fraction of sp³-hybridized carbons (Fsp3) is 0.714. The summed E-state index contributed by atoms with van der Waals surface area (Å²) in [5.74, 6) is 11.4. The number of rotatable bonds is 4. The Labute approximate surface area is 170 Å². The zero-order chi connectivity index (χ0) is 18.0. The Morgan fingerprint density at radius 3 is 2.21 bits per heavy atom. The van der Waals surface area contributed by atoms with E-state index in [1.807, 2.05) is 0 Å². The molecule has 0 aromatic rings. The van der Waals surface area contributed by atoms with Gasteiger partial charge in [0.05, 0.1) is 0 Å². The zero-order valence-electron chi connectivity index (χ0n) is 17.0. The zero-order valence-corrected chi connectivity index (χ0v) is 17.0. The van der Waals surface area contributed by atoms with Crippen LogP contribution in [0.1, 0.15) is 44.9 Å². The Hall–Kier alpha value is -1.04. The minimum absolute atomic E-state index is 0.564. The summed E-state index contributed by atoms with van der Waals surface area (Å²) in [7, 11) is 0. The first kappa shape index (κ1) is 15.8. The van der Waals surface area contributed by atoms with Crippen molar-refractivity contribution < 1.29 is 0 Å². The maximum Gasteiger partial charge on any atom is -0.00443 e. The van der Waals surface area contributed by atoms with Gasteiger partial charge in [-0.1, -0.05) is 48.6 Å². The van der Waals surface area contributed by atoms with E-state index in [1.54, 1.807) is 6.42 Å². The normalized spacial score (nSPS) is 61.4. The van der Waals surface area contributed by atoms with Gasteiger partial charge in [0.25, 0.3) is 0 Å². The Balaban J connectivity index is 1.20. The monoisotopic (exact) mass is 370 g/mol. The molecule has 146 valence electrons. The van der Waals surface area contributed by atoms with E-state index in [1.165, 1.54) is 38.5 Å². The summed E-state index contributed by atoms with van der Waals surface area (Å²) in [5.41, 5.74) is 0.564. The predicted octanol–water partition coefficient (Wildman–Crippen LogP) is 6.43. The van der Waals surface area contributed by atoms with Gasteiger partial charge in [-0.05, 0) is 121 Å². The van der Waals surface area contributed by atoms with Crippen molar-refractivity contribution in [3.8, 4) is 0 Å². The second kappa shape index (κ2) is 5.16. The van der Waals surface area contributed by atoms with Crippen molar-refractivity contribution in [3.63, 3.8) is 0 Å². The molecule has 28 heavy (non-hydrogen) atoms. The molecule has 0 N–H and O–H groups in total. The van der Waals surface area contributed by atoms with Crippen LogP contribution < -0.4 is 0 Å². The maximum absolute atomic E-state index is 2.83. The molecule has 0 aliphatic heterocycles. The van der Waals surface area contributed by atoms with E-state index in [4.69, 9.17) is 0 Å². The van der Waals surface area contributed by atoms with Gasteiger partial charge in [-0.15, -0.1) is 0 Å². The standard InChI is InChI=1S/C28H34/c1-3-18-9-16(1)11-23(18)14-25(24-12-17-2-4-19(24)10-17)28-8-7-22(15-28)26-20-5-6-21(13-20)27(26)28/h1-8,16-27H,9-15H2. The molecule has 8 bridgehead atoms. The number of allylic oxidation sites excluding steroid dienone is 8. The van der Waals surface area contributed by atoms with Crippen molar-refractivity contribution in [1.82, 2.24) is 0 Å². The van der Waals surface area contributed by atoms with Gasteiger partial charge in [-0.3, -0.25) is 0 Å². The van der Waals surface area contributed by atoms with E-state index in [2.05, 4.69) is 48.6 Å². The van der Waals surface area contributed by atoms with Gasteiger partial charge < -0.3 is 0 Å². The highest BCUT2D eigenvalue weighted by molar-refractivity contribution is 5.33. The van der Waals surface area contributed by atoms with Gasteiger partial charge in [0.2, 0.25) is 0 Å². The molecule has 13 unspecified atom stereocenters. The van der Waals surface area contributed by atoms with Gasteiger partial charge in [-0.25, -0.2) is 0 Å². The van der Waals surface area contributed by atoms with Crippen LogP contribution in [0.5, 0.6) is 0 Å². The highest BCUT2D eigenvalue weighted by Gasteiger charge is 2.66. The van der Waals surface area contributed by atoms with Crippen LogP contribution in [-0.2, 0) is 0 Å². The van der Waals surface area contributed by atoms with Crippen LogP contribution in [0.25, 0.3) is 0 Å². The van der Waals surface area contributed by atoms with Crippen LogP contribution in [-0.4, -0.2) is 0 Å². The lowest BCUT2D eigenvalue weighted by Crippen LogP contribution is -2.42. The molecule has 0 amide bonds. The molecule has 13 atom stereocenters.